The van der Waals surface area contributed by atoms with Crippen molar-refractivity contribution < 1.29 is 13.9 Å². The van der Waals surface area contributed by atoms with Crippen LogP contribution in [0.1, 0.15) is 25.7 Å². The van der Waals surface area contributed by atoms with Crippen LogP contribution in [-0.2, 0) is 4.79 Å². The molecule has 5 heteroatoms. The van der Waals surface area contributed by atoms with Crippen molar-refractivity contribution in [3.8, 4) is 5.75 Å². The molecule has 1 aliphatic carbocycles. The van der Waals surface area contributed by atoms with Crippen LogP contribution in [0.15, 0.2) is 24.3 Å². The van der Waals surface area contributed by atoms with Crippen molar-refractivity contribution in [3.05, 3.63) is 30.1 Å². The molecule has 0 unspecified atom stereocenters. The normalized spacial score (nSPS) is 17.2. The molecule has 0 spiro atoms. The molecule has 19 heavy (non-hydrogen) atoms. The van der Waals surface area contributed by atoms with Crippen molar-refractivity contribution in [1.82, 2.24) is 5.32 Å². The fourth-order valence-electron chi connectivity index (χ4n) is 2.30. The van der Waals surface area contributed by atoms with Crippen molar-refractivity contribution in [3.63, 3.8) is 0 Å². The predicted octanol–water partition coefficient (Wildman–Crippen LogP) is 1.59. The smallest absolute Gasteiger partial charge is 0.240 e. The Balaban J connectivity index is 1.71. The minimum Gasteiger partial charge on any atom is -0.492 e. The number of halogens is 1. The van der Waals surface area contributed by atoms with Gasteiger partial charge >= 0.3 is 0 Å². The van der Waals surface area contributed by atoms with E-state index < -0.39 is 5.54 Å². The van der Waals surface area contributed by atoms with Gasteiger partial charge in [-0.15, -0.1) is 0 Å². The number of ether oxygens (including phenoxy) is 1. The summed E-state index contributed by atoms with van der Waals surface area (Å²) in [5.74, 6) is -0.00109. The van der Waals surface area contributed by atoms with Crippen LogP contribution < -0.4 is 15.8 Å². The number of nitrogens with two attached hydrogens (primary N) is 1. The SMILES string of the molecule is NC1(C(=O)NCCOc2cccc(F)c2)CCCC1. The lowest BCUT2D eigenvalue weighted by Gasteiger charge is -2.22. The standard InChI is InChI=1S/C14H19FN2O2/c15-11-4-3-5-12(10-11)19-9-8-17-13(18)14(16)6-1-2-7-14/h3-5,10H,1-2,6-9,16H2,(H,17,18). The largest absolute Gasteiger partial charge is 0.492 e. The summed E-state index contributed by atoms with van der Waals surface area (Å²) in [6.07, 6.45) is 3.49. The minimum atomic E-state index is -0.709. The Morgan fingerprint density at radius 1 is 1.42 bits per heavy atom. The average Bonchev–Trinajstić information content (AvgIpc) is 2.83. The number of amides is 1. The Morgan fingerprint density at radius 2 is 2.16 bits per heavy atom. The molecule has 4 nitrogen and oxygen atoms in total. The van der Waals surface area contributed by atoms with Crippen LogP contribution in [0.2, 0.25) is 0 Å². The zero-order chi connectivity index (χ0) is 13.7. The van der Waals surface area contributed by atoms with E-state index in [9.17, 15) is 9.18 Å². The van der Waals surface area contributed by atoms with Gasteiger partial charge in [-0.2, -0.15) is 0 Å². The van der Waals surface area contributed by atoms with Gasteiger partial charge in [0.25, 0.3) is 0 Å². The highest BCUT2D eigenvalue weighted by Crippen LogP contribution is 2.27. The summed E-state index contributed by atoms with van der Waals surface area (Å²) in [6, 6.07) is 5.92. The molecule has 2 rings (SSSR count). The van der Waals surface area contributed by atoms with Gasteiger partial charge in [-0.25, -0.2) is 4.39 Å². The average molecular weight is 266 g/mol. The fraction of sp³-hybridized carbons (Fsp3) is 0.500. The second-order valence-electron chi connectivity index (χ2n) is 4.92. The number of benzene rings is 1. The third kappa shape index (κ3) is 3.67. The highest BCUT2D eigenvalue weighted by atomic mass is 19.1. The number of carbonyl (C=O) groups is 1. The summed E-state index contributed by atoms with van der Waals surface area (Å²) >= 11 is 0. The highest BCUT2D eigenvalue weighted by Gasteiger charge is 2.36. The number of nitrogens with one attached hydrogen (secondary N) is 1. The van der Waals surface area contributed by atoms with Crippen LogP contribution in [0.4, 0.5) is 4.39 Å². The van der Waals surface area contributed by atoms with E-state index in [1.165, 1.54) is 12.1 Å². The molecule has 0 bridgehead atoms. The van der Waals surface area contributed by atoms with Crippen molar-refractivity contribution in [2.24, 2.45) is 5.73 Å². The molecule has 0 saturated heterocycles. The molecule has 0 heterocycles. The van der Waals surface area contributed by atoms with Crippen molar-refractivity contribution >= 4 is 5.91 Å². The van der Waals surface area contributed by atoms with Gasteiger partial charge in [0, 0.05) is 6.07 Å². The topological polar surface area (TPSA) is 64.4 Å². The predicted molar refractivity (Wildman–Crippen MR) is 70.3 cm³/mol. The van der Waals surface area contributed by atoms with Gasteiger partial charge in [0.2, 0.25) is 5.91 Å². The molecule has 1 aromatic rings. The van der Waals surface area contributed by atoms with E-state index in [2.05, 4.69) is 5.32 Å². The first kappa shape index (κ1) is 13.8. The molecule has 1 fully saturated rings. The summed E-state index contributed by atoms with van der Waals surface area (Å²) in [4.78, 5) is 11.9. The Labute approximate surface area is 112 Å². The van der Waals surface area contributed by atoms with E-state index in [4.69, 9.17) is 10.5 Å². The number of hydrogen-bond acceptors (Lipinski definition) is 3. The summed E-state index contributed by atoms with van der Waals surface area (Å²) in [6.45, 7) is 0.666. The zero-order valence-corrected chi connectivity index (χ0v) is 10.8. The van der Waals surface area contributed by atoms with Gasteiger partial charge in [-0.3, -0.25) is 4.79 Å². The molecule has 1 aliphatic rings. The Hall–Kier alpha value is -1.62. The molecular weight excluding hydrogens is 247 g/mol. The second-order valence-corrected chi connectivity index (χ2v) is 4.92. The molecule has 104 valence electrons. The van der Waals surface area contributed by atoms with Crippen LogP contribution >= 0.6 is 0 Å². The zero-order valence-electron chi connectivity index (χ0n) is 10.8. The van der Waals surface area contributed by atoms with Gasteiger partial charge < -0.3 is 15.8 Å². The Kier molecular flexibility index (Phi) is 4.37. The van der Waals surface area contributed by atoms with Crippen molar-refractivity contribution in [2.75, 3.05) is 13.2 Å². The number of carbonyl (C=O) groups excluding carboxylic acids is 1. The van der Waals surface area contributed by atoms with Crippen LogP contribution in [0.3, 0.4) is 0 Å². The third-order valence-corrected chi connectivity index (χ3v) is 3.40. The molecule has 1 aromatic carbocycles. The minimum absolute atomic E-state index is 0.118. The van der Waals surface area contributed by atoms with E-state index in [1.807, 2.05) is 0 Å². The van der Waals surface area contributed by atoms with Crippen LogP contribution in [0.5, 0.6) is 5.75 Å². The van der Waals surface area contributed by atoms with E-state index in [-0.39, 0.29) is 11.7 Å². The fourth-order valence-corrected chi connectivity index (χ4v) is 2.30. The second kappa shape index (κ2) is 6.02. The molecule has 0 aliphatic heterocycles. The molecule has 1 saturated carbocycles. The molecule has 1 amide bonds. The summed E-state index contributed by atoms with van der Waals surface area (Å²) in [5.41, 5.74) is 5.30. The van der Waals surface area contributed by atoms with Crippen LogP contribution in [0.25, 0.3) is 0 Å². The Morgan fingerprint density at radius 3 is 2.84 bits per heavy atom. The Bertz CT molecular complexity index is 445. The first-order chi connectivity index (χ1) is 9.10. The van der Waals surface area contributed by atoms with E-state index in [0.29, 0.717) is 18.9 Å². The summed E-state index contributed by atoms with van der Waals surface area (Å²) < 4.78 is 18.2. The molecule has 0 radical (unpaired) electrons. The molecule has 0 aromatic heterocycles. The quantitative estimate of drug-likeness (QED) is 0.795. The van der Waals surface area contributed by atoms with E-state index >= 15 is 0 Å². The lowest BCUT2D eigenvalue weighted by Crippen LogP contribution is -2.52. The van der Waals surface area contributed by atoms with Crippen molar-refractivity contribution in [1.29, 1.82) is 0 Å². The molecular formula is C14H19FN2O2. The first-order valence-corrected chi connectivity index (χ1v) is 6.56. The summed E-state index contributed by atoms with van der Waals surface area (Å²) in [5, 5.41) is 2.77. The maximum absolute atomic E-state index is 12.9. The maximum Gasteiger partial charge on any atom is 0.240 e. The van der Waals surface area contributed by atoms with Gasteiger partial charge in [0.15, 0.2) is 0 Å². The van der Waals surface area contributed by atoms with Gasteiger partial charge in [0.1, 0.15) is 18.2 Å². The molecule has 0 atom stereocenters. The van der Waals surface area contributed by atoms with Crippen molar-refractivity contribution in [2.45, 2.75) is 31.2 Å². The highest BCUT2D eigenvalue weighted by molar-refractivity contribution is 5.86. The lowest BCUT2D eigenvalue weighted by atomic mass is 9.98. The number of hydrogen-bond donors (Lipinski definition) is 2. The monoisotopic (exact) mass is 266 g/mol. The first-order valence-electron chi connectivity index (χ1n) is 6.56. The van der Waals surface area contributed by atoms with Gasteiger partial charge in [0.05, 0.1) is 12.1 Å². The van der Waals surface area contributed by atoms with Crippen LogP contribution in [-0.4, -0.2) is 24.6 Å². The number of rotatable bonds is 5. The van der Waals surface area contributed by atoms with Crippen LogP contribution in [0, 0.1) is 5.82 Å². The van der Waals surface area contributed by atoms with E-state index in [1.54, 1.807) is 12.1 Å². The lowest BCUT2D eigenvalue weighted by molar-refractivity contribution is -0.126. The van der Waals surface area contributed by atoms with Gasteiger partial charge in [-0.05, 0) is 25.0 Å². The third-order valence-electron chi connectivity index (χ3n) is 3.40. The maximum atomic E-state index is 12.9. The summed E-state index contributed by atoms with van der Waals surface area (Å²) in [7, 11) is 0. The van der Waals surface area contributed by atoms with E-state index in [0.717, 1.165) is 25.7 Å². The van der Waals surface area contributed by atoms with Gasteiger partial charge in [-0.1, -0.05) is 18.9 Å². The molecule has 3 N–H and O–H groups in total.